The van der Waals surface area contributed by atoms with Crippen molar-refractivity contribution >= 4 is 14.3 Å². The molecule has 0 bridgehead atoms. The van der Waals surface area contributed by atoms with Crippen molar-refractivity contribution in [1.82, 2.24) is 0 Å². The van der Waals surface area contributed by atoms with Crippen LogP contribution in [0.15, 0.2) is 24.3 Å². The molecule has 0 spiro atoms. The highest BCUT2D eigenvalue weighted by Gasteiger charge is 2.44. The largest absolute Gasteiger partial charge is 0.497 e. The third-order valence-corrected chi connectivity index (χ3v) is 9.27. The zero-order valence-electron chi connectivity index (χ0n) is 15.6. The van der Waals surface area contributed by atoms with Crippen LogP contribution in [-0.2, 0) is 19.6 Å². The Morgan fingerprint density at radius 3 is 1.96 bits per heavy atom. The first kappa shape index (κ1) is 19.7. The van der Waals surface area contributed by atoms with Gasteiger partial charge in [-0.15, -0.1) is 0 Å². The first-order chi connectivity index (χ1) is 10.4. The number of hydrogen-bond acceptors (Lipinski definition) is 4. The molecular formula is C18H30O4Si. The van der Waals surface area contributed by atoms with Crippen molar-refractivity contribution in [3.8, 4) is 5.75 Å². The van der Waals surface area contributed by atoms with Gasteiger partial charge in [-0.3, -0.25) is 4.79 Å². The van der Waals surface area contributed by atoms with Gasteiger partial charge < -0.3 is 13.9 Å². The molecule has 5 heteroatoms. The zero-order chi connectivity index (χ0) is 17.9. The van der Waals surface area contributed by atoms with Crippen LogP contribution in [0.25, 0.3) is 0 Å². The molecular weight excluding hydrogens is 308 g/mol. The van der Waals surface area contributed by atoms with E-state index >= 15 is 0 Å². The average Bonchev–Trinajstić information content (AvgIpc) is 2.45. The molecule has 4 nitrogen and oxygen atoms in total. The number of carbonyl (C=O) groups excluding carboxylic acids is 1. The number of rotatable bonds is 6. The first-order valence-electron chi connectivity index (χ1n) is 7.87. The second-order valence-electron chi connectivity index (χ2n) is 7.57. The van der Waals surface area contributed by atoms with E-state index in [0.717, 1.165) is 11.3 Å². The zero-order valence-corrected chi connectivity index (χ0v) is 16.6. The number of benzene rings is 1. The summed E-state index contributed by atoms with van der Waals surface area (Å²) in [6.45, 7) is 12.9. The Kier molecular flexibility index (Phi) is 6.04. The van der Waals surface area contributed by atoms with Crippen LogP contribution in [0.3, 0.4) is 0 Å². The second-order valence-corrected chi connectivity index (χ2v) is 12.3. The van der Waals surface area contributed by atoms with Gasteiger partial charge in [0.25, 0.3) is 0 Å². The molecule has 0 radical (unpaired) electrons. The Morgan fingerprint density at radius 1 is 1.04 bits per heavy atom. The summed E-state index contributed by atoms with van der Waals surface area (Å²) in [7, 11) is 0.976. The van der Waals surface area contributed by atoms with Crippen LogP contribution in [0.5, 0.6) is 5.75 Å². The lowest BCUT2D eigenvalue weighted by Gasteiger charge is -2.44. The van der Waals surface area contributed by atoms with Gasteiger partial charge in [0.15, 0.2) is 8.32 Å². The molecule has 1 aromatic rings. The quantitative estimate of drug-likeness (QED) is 0.566. The molecule has 0 aromatic heterocycles. The van der Waals surface area contributed by atoms with Gasteiger partial charge in [0.2, 0.25) is 0 Å². The SMILES string of the molecule is COC(=O)C[C@](C)(O[Si](C)(C)C(C)(C)C)c1ccc(OC)cc1. The Morgan fingerprint density at radius 2 is 1.57 bits per heavy atom. The number of methoxy groups -OCH3 is 2. The van der Waals surface area contributed by atoms with Crippen LogP contribution < -0.4 is 4.74 Å². The molecule has 0 N–H and O–H groups in total. The maximum Gasteiger partial charge on any atom is 0.308 e. The van der Waals surface area contributed by atoms with E-state index in [4.69, 9.17) is 13.9 Å². The average molecular weight is 339 g/mol. The number of hydrogen-bond donors (Lipinski definition) is 0. The van der Waals surface area contributed by atoms with Crippen LogP contribution in [0.2, 0.25) is 18.1 Å². The van der Waals surface area contributed by atoms with Crippen LogP contribution in [0.1, 0.15) is 39.7 Å². The summed E-state index contributed by atoms with van der Waals surface area (Å²) in [5.41, 5.74) is 0.232. The minimum atomic E-state index is -2.06. The Labute approximate surface area is 141 Å². The smallest absolute Gasteiger partial charge is 0.308 e. The lowest BCUT2D eigenvalue weighted by atomic mass is 9.92. The lowest BCUT2D eigenvalue weighted by Crippen LogP contribution is -2.48. The highest BCUT2D eigenvalue weighted by molar-refractivity contribution is 6.74. The fraction of sp³-hybridized carbons (Fsp3) is 0.611. The minimum Gasteiger partial charge on any atom is -0.497 e. The standard InChI is InChI=1S/C18H30O4Si/c1-17(2,3)23(7,8)22-18(4,13-16(19)21-6)14-9-11-15(20-5)12-10-14/h9-12H,13H2,1-8H3/t18-/m0/s1. The van der Waals surface area contributed by atoms with E-state index in [1.807, 2.05) is 31.2 Å². The molecule has 0 unspecified atom stereocenters. The number of carbonyl (C=O) groups is 1. The summed E-state index contributed by atoms with van der Waals surface area (Å²) < 4.78 is 16.7. The fourth-order valence-electron chi connectivity index (χ4n) is 2.20. The van der Waals surface area contributed by atoms with Gasteiger partial charge in [0.1, 0.15) is 5.75 Å². The summed E-state index contributed by atoms with van der Waals surface area (Å²) in [4.78, 5) is 11.9. The fourth-order valence-corrected chi connectivity index (χ4v) is 3.83. The molecule has 23 heavy (non-hydrogen) atoms. The molecule has 0 aliphatic rings. The Balaban J connectivity index is 3.23. The van der Waals surface area contributed by atoms with E-state index in [1.54, 1.807) is 7.11 Å². The predicted molar refractivity (Wildman–Crippen MR) is 95.3 cm³/mol. The van der Waals surface area contributed by atoms with Crippen LogP contribution >= 0.6 is 0 Å². The second kappa shape index (κ2) is 7.05. The first-order valence-corrected chi connectivity index (χ1v) is 10.8. The normalized spacial score (nSPS) is 15.0. The maximum atomic E-state index is 11.9. The summed E-state index contributed by atoms with van der Waals surface area (Å²) >= 11 is 0. The van der Waals surface area contributed by atoms with Crippen LogP contribution in [-0.4, -0.2) is 28.5 Å². The Hall–Kier alpha value is -1.33. The van der Waals surface area contributed by atoms with Crippen molar-refractivity contribution in [3.05, 3.63) is 29.8 Å². The van der Waals surface area contributed by atoms with Gasteiger partial charge in [-0.05, 0) is 42.8 Å². The molecule has 0 fully saturated rings. The van der Waals surface area contributed by atoms with Gasteiger partial charge in [0, 0.05) is 0 Å². The van der Waals surface area contributed by atoms with E-state index in [-0.39, 0.29) is 17.4 Å². The van der Waals surface area contributed by atoms with Crippen molar-refractivity contribution in [2.24, 2.45) is 0 Å². The van der Waals surface area contributed by atoms with Crippen molar-refractivity contribution in [3.63, 3.8) is 0 Å². The molecule has 130 valence electrons. The van der Waals surface area contributed by atoms with Crippen molar-refractivity contribution in [1.29, 1.82) is 0 Å². The van der Waals surface area contributed by atoms with Gasteiger partial charge in [-0.1, -0.05) is 32.9 Å². The molecule has 0 amide bonds. The van der Waals surface area contributed by atoms with E-state index in [0.29, 0.717) is 0 Å². The molecule has 0 aliphatic carbocycles. The Bertz CT molecular complexity index is 531. The highest BCUT2D eigenvalue weighted by atomic mass is 28.4. The van der Waals surface area contributed by atoms with Gasteiger partial charge in [-0.2, -0.15) is 0 Å². The van der Waals surface area contributed by atoms with Gasteiger partial charge in [-0.25, -0.2) is 0 Å². The lowest BCUT2D eigenvalue weighted by molar-refractivity contribution is -0.145. The summed E-state index contributed by atoms with van der Waals surface area (Å²) in [5, 5.41) is 0.0524. The van der Waals surface area contributed by atoms with Crippen molar-refractivity contribution in [2.75, 3.05) is 14.2 Å². The predicted octanol–water partition coefficient (Wildman–Crippen LogP) is 4.50. The highest BCUT2D eigenvalue weighted by Crippen LogP contribution is 2.43. The molecule has 0 heterocycles. The topological polar surface area (TPSA) is 44.8 Å². The number of ether oxygens (including phenoxy) is 2. The third kappa shape index (κ3) is 4.82. The molecule has 0 aliphatic heterocycles. The summed E-state index contributed by atoms with van der Waals surface area (Å²) in [5.74, 6) is 0.503. The van der Waals surface area contributed by atoms with E-state index in [2.05, 4.69) is 33.9 Å². The number of esters is 1. The molecule has 1 aromatic carbocycles. The van der Waals surface area contributed by atoms with Crippen LogP contribution in [0.4, 0.5) is 0 Å². The molecule has 1 rings (SSSR count). The van der Waals surface area contributed by atoms with E-state index in [9.17, 15) is 4.79 Å². The molecule has 1 atom stereocenters. The third-order valence-electron chi connectivity index (χ3n) is 4.70. The summed E-state index contributed by atoms with van der Waals surface area (Å²) in [6.07, 6.45) is 0.183. The maximum absolute atomic E-state index is 11.9. The molecule has 0 saturated carbocycles. The van der Waals surface area contributed by atoms with Gasteiger partial charge >= 0.3 is 5.97 Å². The summed E-state index contributed by atoms with van der Waals surface area (Å²) in [6, 6.07) is 7.68. The van der Waals surface area contributed by atoms with E-state index in [1.165, 1.54) is 7.11 Å². The van der Waals surface area contributed by atoms with Crippen molar-refractivity contribution < 1.29 is 18.7 Å². The van der Waals surface area contributed by atoms with Crippen molar-refractivity contribution in [2.45, 2.75) is 57.8 Å². The van der Waals surface area contributed by atoms with Gasteiger partial charge in [0.05, 0.1) is 26.2 Å². The minimum absolute atomic E-state index is 0.0524. The van der Waals surface area contributed by atoms with Crippen LogP contribution in [0, 0.1) is 0 Å². The monoisotopic (exact) mass is 338 g/mol. The molecule has 0 saturated heterocycles. The van der Waals surface area contributed by atoms with E-state index < -0.39 is 13.9 Å².